The highest BCUT2D eigenvalue weighted by molar-refractivity contribution is 8.18. The summed E-state index contributed by atoms with van der Waals surface area (Å²) < 4.78 is 2.18. The molecule has 1 aliphatic heterocycles. The van der Waals surface area contributed by atoms with Crippen molar-refractivity contribution >= 4 is 28.9 Å². The van der Waals surface area contributed by atoms with Crippen molar-refractivity contribution in [3.8, 4) is 5.69 Å². The largest absolute Gasteiger partial charge is 0.318 e. The van der Waals surface area contributed by atoms with E-state index in [2.05, 4.69) is 48.0 Å². The second kappa shape index (κ2) is 5.50. The Hall–Kier alpha value is -2.27. The van der Waals surface area contributed by atoms with Crippen LogP contribution in [0.15, 0.2) is 35.2 Å². The van der Waals surface area contributed by atoms with Crippen LogP contribution < -0.4 is 5.32 Å². The lowest BCUT2D eigenvalue weighted by molar-refractivity contribution is -0.115. The highest BCUT2D eigenvalue weighted by Gasteiger charge is 2.23. The van der Waals surface area contributed by atoms with Gasteiger partial charge in [0.1, 0.15) is 0 Å². The smallest absolute Gasteiger partial charge is 0.264 e. The molecular weight excluding hydrogens is 294 g/mol. The number of amidine groups is 1. The van der Waals surface area contributed by atoms with Crippen LogP contribution in [0.25, 0.3) is 11.8 Å². The van der Waals surface area contributed by atoms with Crippen molar-refractivity contribution < 1.29 is 4.79 Å². The molecule has 5 heteroatoms. The van der Waals surface area contributed by atoms with Crippen LogP contribution in [0, 0.1) is 26.2 Å². The van der Waals surface area contributed by atoms with Crippen LogP contribution in [0.5, 0.6) is 0 Å². The molecule has 2 heterocycles. The van der Waals surface area contributed by atoms with Gasteiger partial charge in [-0.25, -0.2) is 0 Å². The van der Waals surface area contributed by atoms with Crippen molar-refractivity contribution in [2.24, 2.45) is 0 Å². The molecule has 4 nitrogen and oxygen atoms in total. The third-order valence-electron chi connectivity index (χ3n) is 3.68. The predicted octanol–water partition coefficient (Wildman–Crippen LogP) is 3.54. The molecule has 1 aromatic carbocycles. The fourth-order valence-electron chi connectivity index (χ4n) is 2.68. The minimum Gasteiger partial charge on any atom is -0.318 e. The number of amides is 1. The zero-order chi connectivity index (χ0) is 15.9. The number of carbonyl (C=O) groups excluding carboxylic acids is 1. The highest BCUT2D eigenvalue weighted by Crippen LogP contribution is 2.28. The van der Waals surface area contributed by atoms with E-state index in [9.17, 15) is 4.79 Å². The molecule has 1 aromatic heterocycles. The Balaban J connectivity index is 2.06. The molecule has 0 atom stereocenters. The molecule has 2 N–H and O–H groups in total. The van der Waals surface area contributed by atoms with Crippen LogP contribution in [-0.2, 0) is 4.79 Å². The first-order valence-corrected chi connectivity index (χ1v) is 7.83. The first-order valence-electron chi connectivity index (χ1n) is 7.01. The molecule has 22 heavy (non-hydrogen) atoms. The van der Waals surface area contributed by atoms with E-state index >= 15 is 0 Å². The first kappa shape index (κ1) is 14.7. The maximum absolute atomic E-state index is 11.8. The van der Waals surface area contributed by atoms with E-state index in [1.165, 1.54) is 17.3 Å². The van der Waals surface area contributed by atoms with E-state index in [0.717, 1.165) is 22.6 Å². The predicted molar refractivity (Wildman–Crippen MR) is 91.4 cm³/mol. The Bertz CT molecular complexity index is 817. The molecule has 112 valence electrons. The van der Waals surface area contributed by atoms with E-state index in [1.54, 1.807) is 0 Å². The summed E-state index contributed by atoms with van der Waals surface area (Å²) in [5.41, 5.74) is 5.54. The van der Waals surface area contributed by atoms with Gasteiger partial charge in [0.25, 0.3) is 5.91 Å². The van der Waals surface area contributed by atoms with Gasteiger partial charge in [-0.15, -0.1) is 0 Å². The van der Waals surface area contributed by atoms with Crippen molar-refractivity contribution in [3.05, 3.63) is 57.8 Å². The topological polar surface area (TPSA) is 57.9 Å². The number of aryl methyl sites for hydroxylation is 2. The van der Waals surface area contributed by atoms with Crippen LogP contribution >= 0.6 is 11.8 Å². The molecular formula is C17H17N3OS. The molecule has 1 amide bonds. The summed E-state index contributed by atoms with van der Waals surface area (Å²) in [7, 11) is 0. The number of benzene rings is 1. The Morgan fingerprint density at radius 2 is 2.00 bits per heavy atom. The summed E-state index contributed by atoms with van der Waals surface area (Å²) >= 11 is 1.17. The quantitative estimate of drug-likeness (QED) is 0.833. The number of hydrogen-bond acceptors (Lipinski definition) is 3. The monoisotopic (exact) mass is 311 g/mol. The van der Waals surface area contributed by atoms with Crippen molar-refractivity contribution in [2.75, 3.05) is 0 Å². The second-order valence-electron chi connectivity index (χ2n) is 5.39. The zero-order valence-corrected chi connectivity index (χ0v) is 13.5. The minimum atomic E-state index is -0.199. The highest BCUT2D eigenvalue weighted by atomic mass is 32.2. The Morgan fingerprint density at radius 3 is 2.64 bits per heavy atom. The number of thioether (sulfide) groups is 1. The van der Waals surface area contributed by atoms with Crippen LogP contribution in [0.3, 0.4) is 0 Å². The summed E-state index contributed by atoms with van der Waals surface area (Å²) in [5, 5.41) is 10.2. The maximum Gasteiger partial charge on any atom is 0.264 e. The van der Waals surface area contributed by atoms with Crippen LogP contribution in [0.2, 0.25) is 0 Å². The number of hydrogen-bond donors (Lipinski definition) is 2. The van der Waals surface area contributed by atoms with Crippen molar-refractivity contribution in [3.63, 3.8) is 0 Å². The van der Waals surface area contributed by atoms with Crippen molar-refractivity contribution in [1.29, 1.82) is 5.41 Å². The van der Waals surface area contributed by atoms with Gasteiger partial charge in [0.2, 0.25) is 0 Å². The summed E-state index contributed by atoms with van der Waals surface area (Å²) in [6.45, 7) is 6.18. The van der Waals surface area contributed by atoms with Gasteiger partial charge in [0.05, 0.1) is 4.91 Å². The molecule has 1 fully saturated rings. The summed E-state index contributed by atoms with van der Waals surface area (Å²) in [5.74, 6) is -0.199. The van der Waals surface area contributed by atoms with Crippen LogP contribution in [0.4, 0.5) is 0 Å². The maximum atomic E-state index is 11.8. The van der Waals surface area contributed by atoms with E-state index in [-0.39, 0.29) is 11.1 Å². The Morgan fingerprint density at radius 1 is 1.23 bits per heavy atom. The zero-order valence-electron chi connectivity index (χ0n) is 12.7. The molecule has 1 aliphatic rings. The molecule has 0 bridgehead atoms. The van der Waals surface area contributed by atoms with E-state index in [0.29, 0.717) is 4.91 Å². The van der Waals surface area contributed by atoms with Gasteiger partial charge in [0, 0.05) is 17.1 Å². The molecule has 0 radical (unpaired) electrons. The molecule has 0 saturated carbocycles. The minimum absolute atomic E-state index is 0.184. The van der Waals surface area contributed by atoms with E-state index in [1.807, 2.05) is 19.1 Å². The summed E-state index contributed by atoms with van der Waals surface area (Å²) in [4.78, 5) is 12.3. The van der Waals surface area contributed by atoms with Gasteiger partial charge in [-0.1, -0.05) is 12.1 Å². The Kier molecular flexibility index (Phi) is 3.66. The molecule has 0 aliphatic carbocycles. The van der Waals surface area contributed by atoms with Gasteiger partial charge in [-0.2, -0.15) is 0 Å². The Labute approximate surface area is 133 Å². The second-order valence-corrected chi connectivity index (χ2v) is 6.45. The molecule has 1 saturated heterocycles. The lowest BCUT2D eigenvalue weighted by atomic mass is 10.2. The van der Waals surface area contributed by atoms with Gasteiger partial charge >= 0.3 is 0 Å². The van der Waals surface area contributed by atoms with Gasteiger partial charge < -0.3 is 9.88 Å². The van der Waals surface area contributed by atoms with Crippen molar-refractivity contribution in [1.82, 2.24) is 9.88 Å². The summed E-state index contributed by atoms with van der Waals surface area (Å²) in [6, 6.07) is 10.4. The number of carbonyl (C=O) groups is 1. The third-order valence-corrected chi connectivity index (χ3v) is 4.51. The van der Waals surface area contributed by atoms with E-state index < -0.39 is 0 Å². The molecule has 2 aromatic rings. The number of nitrogens with one attached hydrogen (secondary N) is 2. The lowest BCUT2D eigenvalue weighted by Gasteiger charge is -2.10. The molecule has 0 spiro atoms. The molecule has 3 rings (SSSR count). The number of nitrogens with zero attached hydrogens (tertiary/aromatic N) is 1. The summed E-state index contributed by atoms with van der Waals surface area (Å²) in [6.07, 6.45) is 1.86. The molecule has 0 unspecified atom stereocenters. The lowest BCUT2D eigenvalue weighted by Crippen LogP contribution is -2.18. The number of rotatable bonds is 2. The first-order chi connectivity index (χ1) is 10.5. The number of aromatic nitrogens is 1. The van der Waals surface area contributed by atoms with Gasteiger partial charge in [-0.05, 0) is 67.9 Å². The standard InChI is InChI=1S/C17H17N3OS/c1-10-5-4-6-14(7-10)20-11(2)8-13(12(20)3)9-15-16(21)19-17(18)22-15/h4-9H,1-3H3,(H2,18,19,21). The van der Waals surface area contributed by atoms with E-state index in [4.69, 9.17) is 5.41 Å². The normalized spacial score (nSPS) is 16.4. The van der Waals surface area contributed by atoms with Crippen molar-refractivity contribution in [2.45, 2.75) is 20.8 Å². The fourth-order valence-corrected chi connectivity index (χ4v) is 3.37. The van der Waals surface area contributed by atoms with Gasteiger partial charge in [0.15, 0.2) is 5.17 Å². The average Bonchev–Trinajstić information content (AvgIpc) is 2.90. The van der Waals surface area contributed by atoms with Gasteiger partial charge in [-0.3, -0.25) is 10.2 Å². The fraction of sp³-hybridized carbons (Fsp3) is 0.176. The third kappa shape index (κ3) is 2.60. The van der Waals surface area contributed by atoms with Crippen LogP contribution in [-0.4, -0.2) is 15.6 Å². The SMILES string of the molecule is Cc1cccc(-n2c(C)cc(C=C3SC(=N)NC3=O)c2C)c1. The average molecular weight is 311 g/mol. The van der Waals surface area contributed by atoms with Crippen LogP contribution in [0.1, 0.15) is 22.5 Å².